The Bertz CT molecular complexity index is 1000. The second kappa shape index (κ2) is 21.8. The smallest absolute Gasteiger partial charge is 0.0568 e. The summed E-state index contributed by atoms with van der Waals surface area (Å²) < 4.78 is 0. The third-order valence-electron chi connectivity index (χ3n) is 11.4. The molecule has 9 unspecified atom stereocenters. The Morgan fingerprint density at radius 1 is 0.956 bits per heavy atom. The van der Waals surface area contributed by atoms with Crippen molar-refractivity contribution in [1.29, 1.82) is 0 Å². The van der Waals surface area contributed by atoms with E-state index >= 15 is 0 Å². The van der Waals surface area contributed by atoms with Gasteiger partial charge in [0.25, 0.3) is 0 Å². The monoisotopic (exact) mass is 619 g/mol. The Kier molecular flexibility index (Phi) is 20.0. The lowest BCUT2D eigenvalue weighted by Crippen LogP contribution is -2.30. The molecule has 0 bridgehead atoms. The zero-order chi connectivity index (χ0) is 34.1. The van der Waals surface area contributed by atoms with Crippen LogP contribution in [0.4, 0.5) is 0 Å². The molecule has 0 aromatic carbocycles. The van der Waals surface area contributed by atoms with Crippen LogP contribution in [0.3, 0.4) is 0 Å². The summed E-state index contributed by atoms with van der Waals surface area (Å²) >= 11 is 0. The van der Waals surface area contributed by atoms with Gasteiger partial charge in [-0.3, -0.25) is 0 Å². The van der Waals surface area contributed by atoms with Gasteiger partial charge in [0.1, 0.15) is 0 Å². The highest BCUT2D eigenvalue weighted by Crippen LogP contribution is 2.39. The van der Waals surface area contributed by atoms with Crippen molar-refractivity contribution in [3.05, 3.63) is 84.6 Å². The van der Waals surface area contributed by atoms with Gasteiger partial charge >= 0.3 is 0 Å². The first-order chi connectivity index (χ1) is 21.3. The molecule has 1 saturated carbocycles. The fourth-order valence-electron chi connectivity index (χ4n) is 7.70. The first-order valence-corrected chi connectivity index (χ1v) is 18.6. The lowest BCUT2D eigenvalue weighted by Gasteiger charge is -2.36. The first-order valence-electron chi connectivity index (χ1n) is 18.6. The molecule has 0 saturated heterocycles. The van der Waals surface area contributed by atoms with E-state index in [0.29, 0.717) is 47.3 Å². The topological polar surface area (TPSA) is 20.2 Å². The quantitative estimate of drug-likeness (QED) is 0.100. The van der Waals surface area contributed by atoms with Gasteiger partial charge in [-0.2, -0.15) is 0 Å². The average Bonchev–Trinajstić information content (AvgIpc) is 3.01. The summed E-state index contributed by atoms with van der Waals surface area (Å²) in [5.41, 5.74) is 5.63. The second-order valence-corrected chi connectivity index (χ2v) is 15.1. The van der Waals surface area contributed by atoms with Crippen LogP contribution in [-0.4, -0.2) is 11.2 Å². The van der Waals surface area contributed by atoms with Gasteiger partial charge in [-0.25, -0.2) is 0 Å². The molecule has 1 aliphatic carbocycles. The minimum absolute atomic E-state index is 0.0907. The van der Waals surface area contributed by atoms with Crippen molar-refractivity contribution in [3.8, 4) is 0 Å². The highest BCUT2D eigenvalue weighted by Gasteiger charge is 2.30. The Hall–Kier alpha value is -1.86. The molecule has 0 aromatic heterocycles. The fraction of sp³-hybridized carbons (Fsp3) is 0.682. The van der Waals surface area contributed by atoms with Crippen LogP contribution in [0.25, 0.3) is 0 Å². The summed E-state index contributed by atoms with van der Waals surface area (Å²) in [6, 6.07) is 0. The third kappa shape index (κ3) is 14.6. The predicted molar refractivity (Wildman–Crippen MR) is 203 cm³/mol. The van der Waals surface area contributed by atoms with E-state index in [1.165, 1.54) is 41.6 Å². The maximum absolute atomic E-state index is 10.4. The van der Waals surface area contributed by atoms with Crippen molar-refractivity contribution in [3.63, 3.8) is 0 Å². The van der Waals surface area contributed by atoms with E-state index in [2.05, 4.69) is 132 Å². The molecule has 1 rings (SSSR count). The molecule has 45 heavy (non-hydrogen) atoms. The number of allylic oxidation sites excluding steroid dienone is 11. The van der Waals surface area contributed by atoms with Crippen LogP contribution in [0.15, 0.2) is 84.6 Å². The summed E-state index contributed by atoms with van der Waals surface area (Å²) in [7, 11) is 0. The Morgan fingerprint density at radius 3 is 2.24 bits per heavy atom. The molecule has 0 amide bonds. The van der Waals surface area contributed by atoms with Gasteiger partial charge in [0.15, 0.2) is 0 Å². The van der Waals surface area contributed by atoms with E-state index in [-0.39, 0.29) is 6.10 Å². The molecule has 10 atom stereocenters. The van der Waals surface area contributed by atoms with Crippen molar-refractivity contribution in [2.45, 2.75) is 140 Å². The summed E-state index contributed by atoms with van der Waals surface area (Å²) in [4.78, 5) is 0. The number of hydrogen-bond acceptors (Lipinski definition) is 1. The van der Waals surface area contributed by atoms with Crippen LogP contribution in [0, 0.1) is 53.3 Å². The molecule has 256 valence electrons. The van der Waals surface area contributed by atoms with Crippen LogP contribution in [0.5, 0.6) is 0 Å². The zero-order valence-corrected chi connectivity index (χ0v) is 31.5. The highest BCUT2D eigenvalue weighted by atomic mass is 16.3. The number of rotatable bonds is 21. The molecule has 0 heterocycles. The van der Waals surface area contributed by atoms with E-state index in [0.717, 1.165) is 50.9 Å². The van der Waals surface area contributed by atoms with Crippen LogP contribution < -0.4 is 0 Å². The summed E-state index contributed by atoms with van der Waals surface area (Å²) in [5, 5.41) is 10.4. The van der Waals surface area contributed by atoms with Gasteiger partial charge in [0.05, 0.1) is 6.10 Å². The van der Waals surface area contributed by atoms with Gasteiger partial charge in [0, 0.05) is 0 Å². The molecule has 0 aliphatic heterocycles. The maximum Gasteiger partial charge on any atom is 0.0568 e. The molecule has 1 heteroatoms. The van der Waals surface area contributed by atoms with Gasteiger partial charge in [-0.15, -0.1) is 6.58 Å². The molecular formula is C44H74O. The summed E-state index contributed by atoms with van der Waals surface area (Å²) in [5.74, 6) is 4.78. The summed E-state index contributed by atoms with van der Waals surface area (Å²) in [6.07, 6.45) is 26.7. The van der Waals surface area contributed by atoms with Crippen molar-refractivity contribution in [2.75, 3.05) is 0 Å². The van der Waals surface area contributed by atoms with Crippen molar-refractivity contribution in [2.24, 2.45) is 53.3 Å². The van der Waals surface area contributed by atoms with Crippen LogP contribution >= 0.6 is 0 Å². The normalized spacial score (nSPS) is 24.6. The second-order valence-electron chi connectivity index (χ2n) is 15.1. The lowest BCUT2D eigenvalue weighted by atomic mass is 9.71. The number of aliphatic hydroxyl groups is 1. The van der Waals surface area contributed by atoms with Crippen LogP contribution in [-0.2, 0) is 0 Å². The predicted octanol–water partition coefficient (Wildman–Crippen LogP) is 13.3. The van der Waals surface area contributed by atoms with Crippen LogP contribution in [0.2, 0.25) is 0 Å². The molecule has 0 aromatic rings. The van der Waals surface area contributed by atoms with E-state index in [1.54, 1.807) is 0 Å². The van der Waals surface area contributed by atoms with E-state index < -0.39 is 0 Å². The minimum Gasteiger partial charge on any atom is -0.393 e. The number of aliphatic hydroxyl groups excluding tert-OH is 1. The number of hydrogen-bond donors (Lipinski definition) is 1. The van der Waals surface area contributed by atoms with E-state index in [4.69, 9.17) is 0 Å². The highest BCUT2D eigenvalue weighted by molar-refractivity contribution is 5.19. The van der Waals surface area contributed by atoms with Crippen molar-refractivity contribution >= 4 is 0 Å². The van der Waals surface area contributed by atoms with Gasteiger partial charge < -0.3 is 5.11 Å². The van der Waals surface area contributed by atoms with Crippen molar-refractivity contribution < 1.29 is 5.11 Å². The first kappa shape index (κ1) is 41.2. The summed E-state index contributed by atoms with van der Waals surface area (Å²) in [6.45, 7) is 36.5. The molecule has 0 radical (unpaired) electrons. The fourth-order valence-corrected chi connectivity index (χ4v) is 7.70. The van der Waals surface area contributed by atoms with E-state index in [9.17, 15) is 5.11 Å². The molecular weight excluding hydrogens is 544 g/mol. The molecule has 1 fully saturated rings. The van der Waals surface area contributed by atoms with E-state index in [1.807, 2.05) is 0 Å². The van der Waals surface area contributed by atoms with Crippen molar-refractivity contribution in [1.82, 2.24) is 0 Å². The molecule has 0 spiro atoms. The molecule has 1 N–H and O–H groups in total. The molecule has 1 aliphatic rings. The Balaban J connectivity index is 2.80. The zero-order valence-electron chi connectivity index (χ0n) is 31.5. The SMILES string of the molecule is C=CCC(CC(=C)[C@H](C)/C=C(\C)C(C)C(CC)C(=C)C(C)CC(C)/C=C/C=C/C=C(\C)CC)C(C)CC1CCC(O)C(CC)C1. The van der Waals surface area contributed by atoms with Gasteiger partial charge in [-0.1, -0.05) is 140 Å². The van der Waals surface area contributed by atoms with Crippen LogP contribution in [0.1, 0.15) is 133 Å². The maximum atomic E-state index is 10.4. The Labute approximate surface area is 281 Å². The minimum atomic E-state index is -0.0907. The standard InChI is InChI=1S/C44H74O/c1-14-21-42(37(11)28-40-24-25-44(45)41(16-3)30-40)29-34(8)33(7)27-36(10)39(13)43(17-4)38(12)35(9)26-32(6)23-20-18-19-22-31(5)15-2/h14,18-20,22-23,27,32-33,35,37,39-45H,1,8,12,15-17,21,24-26,28-30H2,2-7,9-11,13H3/b19-18+,23-20+,31-22+,36-27+/t32?,33-,35?,37?,39?,40?,41?,42?,43?,44?/m1/s1. The lowest BCUT2D eigenvalue weighted by molar-refractivity contribution is 0.0389. The molecule has 1 nitrogen and oxygen atoms in total. The largest absolute Gasteiger partial charge is 0.393 e. The van der Waals surface area contributed by atoms with Gasteiger partial charge in [-0.05, 0) is 125 Å². The third-order valence-corrected chi connectivity index (χ3v) is 11.4. The Morgan fingerprint density at radius 2 is 1.64 bits per heavy atom. The average molecular weight is 619 g/mol. The van der Waals surface area contributed by atoms with Gasteiger partial charge in [0.2, 0.25) is 0 Å².